The molecule has 0 unspecified atom stereocenters. The van der Waals surface area contributed by atoms with Crippen LogP contribution in [0.2, 0.25) is 0 Å². The molecule has 8 heteroatoms. The lowest BCUT2D eigenvalue weighted by Gasteiger charge is -2.33. The molecular formula is C22H28N4O4. The molecule has 0 atom stereocenters. The van der Waals surface area contributed by atoms with Crippen molar-refractivity contribution in [1.82, 2.24) is 14.7 Å². The zero-order chi connectivity index (χ0) is 21.5. The monoisotopic (exact) mass is 412 g/mol. The summed E-state index contributed by atoms with van der Waals surface area (Å²) < 4.78 is 5.16. The summed E-state index contributed by atoms with van der Waals surface area (Å²) in [5.74, 6) is 0.0797. The lowest BCUT2D eigenvalue weighted by molar-refractivity contribution is -0.117. The van der Waals surface area contributed by atoms with Crippen LogP contribution in [0.3, 0.4) is 0 Å². The van der Waals surface area contributed by atoms with E-state index in [0.29, 0.717) is 56.3 Å². The predicted octanol–water partition coefficient (Wildman–Crippen LogP) is 2.16. The number of piperazine rings is 1. The van der Waals surface area contributed by atoms with Crippen LogP contribution in [0.4, 0.5) is 5.69 Å². The number of furan rings is 1. The molecule has 160 valence electrons. The van der Waals surface area contributed by atoms with Crippen LogP contribution in [0, 0.1) is 0 Å². The molecule has 0 spiro atoms. The number of hydrogen-bond donors (Lipinski definition) is 1. The number of rotatable bonds is 7. The largest absolute Gasteiger partial charge is 0.459 e. The molecule has 1 aliphatic heterocycles. The van der Waals surface area contributed by atoms with Crippen molar-refractivity contribution in [2.24, 2.45) is 0 Å². The molecule has 3 rings (SSSR count). The summed E-state index contributed by atoms with van der Waals surface area (Å²) >= 11 is 0. The Kier molecular flexibility index (Phi) is 7.24. The van der Waals surface area contributed by atoms with E-state index in [9.17, 15) is 14.4 Å². The van der Waals surface area contributed by atoms with Gasteiger partial charge in [-0.1, -0.05) is 0 Å². The zero-order valence-corrected chi connectivity index (χ0v) is 17.5. The van der Waals surface area contributed by atoms with Crippen molar-refractivity contribution >= 4 is 23.4 Å². The third-order valence-electron chi connectivity index (χ3n) is 5.22. The lowest BCUT2D eigenvalue weighted by atomic mass is 10.1. The Morgan fingerprint density at radius 2 is 1.67 bits per heavy atom. The first-order chi connectivity index (χ1) is 14.5. The van der Waals surface area contributed by atoms with Gasteiger partial charge in [-0.15, -0.1) is 0 Å². The van der Waals surface area contributed by atoms with Gasteiger partial charge in [0.25, 0.3) is 11.8 Å². The minimum absolute atomic E-state index is 0.0140. The van der Waals surface area contributed by atoms with Crippen molar-refractivity contribution in [3.8, 4) is 0 Å². The van der Waals surface area contributed by atoms with Gasteiger partial charge in [0, 0.05) is 50.5 Å². The smallest absolute Gasteiger partial charge is 0.289 e. The second-order valence-electron chi connectivity index (χ2n) is 7.15. The number of benzene rings is 1. The van der Waals surface area contributed by atoms with E-state index in [1.54, 1.807) is 46.2 Å². The standard InChI is InChI=1S/C22H28N4O4/c1-3-25(4-2)21(28)17-7-9-18(10-8-17)23-20(27)16-24-11-13-26(14-12-24)22(29)19-6-5-15-30-19/h5-10,15H,3-4,11-14,16H2,1-2H3,(H,23,27). The molecule has 1 aromatic carbocycles. The minimum atomic E-state index is -0.122. The molecule has 0 radical (unpaired) electrons. The Hall–Kier alpha value is -3.13. The van der Waals surface area contributed by atoms with Gasteiger partial charge in [-0.25, -0.2) is 0 Å². The van der Waals surface area contributed by atoms with E-state index in [1.807, 2.05) is 18.7 Å². The van der Waals surface area contributed by atoms with Crippen LogP contribution in [-0.4, -0.2) is 78.2 Å². The van der Waals surface area contributed by atoms with Crippen LogP contribution in [0.5, 0.6) is 0 Å². The summed E-state index contributed by atoms with van der Waals surface area (Å²) in [6.45, 7) is 7.81. The molecule has 0 saturated carbocycles. The van der Waals surface area contributed by atoms with Gasteiger partial charge in [-0.05, 0) is 50.2 Å². The molecule has 3 amide bonds. The first kappa shape index (κ1) is 21.6. The molecule has 1 N–H and O–H groups in total. The number of hydrogen-bond acceptors (Lipinski definition) is 5. The van der Waals surface area contributed by atoms with Crippen molar-refractivity contribution in [2.45, 2.75) is 13.8 Å². The highest BCUT2D eigenvalue weighted by Gasteiger charge is 2.24. The Bertz CT molecular complexity index is 852. The Labute approximate surface area is 176 Å². The SMILES string of the molecule is CCN(CC)C(=O)c1ccc(NC(=O)CN2CCN(C(=O)c3ccco3)CC2)cc1. The number of nitrogens with one attached hydrogen (secondary N) is 1. The number of carbonyl (C=O) groups is 3. The maximum absolute atomic E-state index is 12.4. The first-order valence-corrected chi connectivity index (χ1v) is 10.3. The fourth-order valence-corrected chi connectivity index (χ4v) is 3.46. The van der Waals surface area contributed by atoms with Gasteiger partial charge in [-0.3, -0.25) is 19.3 Å². The minimum Gasteiger partial charge on any atom is -0.459 e. The van der Waals surface area contributed by atoms with Crippen LogP contribution in [0.25, 0.3) is 0 Å². The maximum Gasteiger partial charge on any atom is 0.289 e. The number of amides is 3. The van der Waals surface area contributed by atoms with Gasteiger partial charge in [-0.2, -0.15) is 0 Å². The van der Waals surface area contributed by atoms with Gasteiger partial charge in [0.2, 0.25) is 5.91 Å². The molecule has 30 heavy (non-hydrogen) atoms. The average Bonchev–Trinajstić information content (AvgIpc) is 3.30. The van der Waals surface area contributed by atoms with Gasteiger partial charge in [0.15, 0.2) is 5.76 Å². The summed E-state index contributed by atoms with van der Waals surface area (Å²) in [5.41, 5.74) is 1.26. The summed E-state index contributed by atoms with van der Waals surface area (Å²) in [5, 5.41) is 2.87. The van der Waals surface area contributed by atoms with E-state index in [0.717, 1.165) is 0 Å². The van der Waals surface area contributed by atoms with E-state index in [4.69, 9.17) is 4.42 Å². The van der Waals surface area contributed by atoms with Crippen molar-refractivity contribution in [3.05, 3.63) is 54.0 Å². The lowest BCUT2D eigenvalue weighted by Crippen LogP contribution is -2.50. The highest BCUT2D eigenvalue weighted by molar-refractivity contribution is 5.96. The van der Waals surface area contributed by atoms with E-state index in [2.05, 4.69) is 5.32 Å². The molecule has 1 aromatic heterocycles. The molecule has 8 nitrogen and oxygen atoms in total. The Morgan fingerprint density at radius 1 is 1.00 bits per heavy atom. The Morgan fingerprint density at radius 3 is 2.23 bits per heavy atom. The van der Waals surface area contributed by atoms with Crippen LogP contribution < -0.4 is 5.32 Å². The van der Waals surface area contributed by atoms with Crippen molar-refractivity contribution in [1.29, 1.82) is 0 Å². The van der Waals surface area contributed by atoms with Crippen LogP contribution in [0.1, 0.15) is 34.8 Å². The van der Waals surface area contributed by atoms with E-state index < -0.39 is 0 Å². The maximum atomic E-state index is 12.4. The summed E-state index contributed by atoms with van der Waals surface area (Å²) in [6.07, 6.45) is 1.49. The number of nitrogens with zero attached hydrogens (tertiary/aromatic N) is 3. The molecular weight excluding hydrogens is 384 g/mol. The van der Waals surface area contributed by atoms with Gasteiger partial charge in [0.05, 0.1) is 12.8 Å². The van der Waals surface area contributed by atoms with Crippen LogP contribution in [0.15, 0.2) is 47.1 Å². The highest BCUT2D eigenvalue weighted by Crippen LogP contribution is 2.13. The topological polar surface area (TPSA) is 86.1 Å². The van der Waals surface area contributed by atoms with Crippen LogP contribution in [-0.2, 0) is 4.79 Å². The van der Waals surface area contributed by atoms with Gasteiger partial charge >= 0.3 is 0 Å². The van der Waals surface area contributed by atoms with Crippen LogP contribution >= 0.6 is 0 Å². The van der Waals surface area contributed by atoms with E-state index in [-0.39, 0.29) is 24.3 Å². The summed E-state index contributed by atoms with van der Waals surface area (Å²) in [4.78, 5) is 42.5. The molecule has 0 bridgehead atoms. The van der Waals surface area contributed by atoms with Crippen molar-refractivity contribution < 1.29 is 18.8 Å². The highest BCUT2D eigenvalue weighted by atomic mass is 16.3. The molecule has 2 heterocycles. The average molecular weight is 412 g/mol. The van der Waals surface area contributed by atoms with Gasteiger partial charge in [0.1, 0.15) is 0 Å². The van der Waals surface area contributed by atoms with E-state index in [1.165, 1.54) is 6.26 Å². The molecule has 1 aliphatic rings. The van der Waals surface area contributed by atoms with E-state index >= 15 is 0 Å². The fourth-order valence-electron chi connectivity index (χ4n) is 3.46. The molecule has 1 fully saturated rings. The quantitative estimate of drug-likeness (QED) is 0.753. The third kappa shape index (κ3) is 5.27. The first-order valence-electron chi connectivity index (χ1n) is 10.3. The van der Waals surface area contributed by atoms with Crippen molar-refractivity contribution in [3.63, 3.8) is 0 Å². The number of anilines is 1. The second-order valence-corrected chi connectivity index (χ2v) is 7.15. The number of carbonyl (C=O) groups excluding carboxylic acids is 3. The Balaban J connectivity index is 1.46. The molecule has 2 aromatic rings. The predicted molar refractivity (Wildman–Crippen MR) is 113 cm³/mol. The molecule has 0 aliphatic carbocycles. The normalized spacial score (nSPS) is 14.4. The van der Waals surface area contributed by atoms with Crippen molar-refractivity contribution in [2.75, 3.05) is 51.1 Å². The zero-order valence-electron chi connectivity index (χ0n) is 17.5. The second kappa shape index (κ2) is 10.1. The fraction of sp³-hybridized carbons (Fsp3) is 0.409. The summed E-state index contributed by atoms with van der Waals surface area (Å²) in [6, 6.07) is 10.3. The molecule has 1 saturated heterocycles. The third-order valence-corrected chi connectivity index (χ3v) is 5.22. The van der Waals surface area contributed by atoms with Gasteiger partial charge < -0.3 is 19.5 Å². The summed E-state index contributed by atoms with van der Waals surface area (Å²) in [7, 11) is 0.